The Morgan fingerprint density at radius 3 is 2.61 bits per heavy atom. The average molecular weight is 419 g/mol. The van der Waals surface area contributed by atoms with E-state index in [0.29, 0.717) is 42.6 Å². The molecule has 152 valence electrons. The van der Waals surface area contributed by atoms with E-state index in [1.807, 2.05) is 0 Å². The van der Waals surface area contributed by atoms with Crippen molar-refractivity contribution >= 4 is 18.3 Å². The van der Waals surface area contributed by atoms with Gasteiger partial charge < -0.3 is 15.0 Å². The van der Waals surface area contributed by atoms with Gasteiger partial charge in [-0.05, 0) is 24.3 Å². The molecule has 1 fully saturated rings. The van der Waals surface area contributed by atoms with Gasteiger partial charge in [-0.1, -0.05) is 18.2 Å². The second kappa shape index (κ2) is 8.79. The molecular weight excluding hydrogens is 400 g/mol. The van der Waals surface area contributed by atoms with Crippen LogP contribution in [0.2, 0.25) is 0 Å². The number of halogens is 5. The lowest BCUT2D eigenvalue weighted by Gasteiger charge is -2.37. The number of rotatable bonds is 3. The number of hydrogen-bond donors (Lipinski definition) is 1. The minimum Gasteiger partial charge on any atom is -0.496 e. The first kappa shape index (κ1) is 22.0. The minimum absolute atomic E-state index is 0. The number of hydrogen-bond acceptors (Lipinski definition) is 3. The van der Waals surface area contributed by atoms with Gasteiger partial charge in [0, 0.05) is 25.2 Å². The SMILES string of the molecule is COc1ccccc1C1CNCCN1C(=O)c1cc(C(F)(F)F)ccc1F.Cl. The fraction of sp³-hybridized carbons (Fsp3) is 0.316. The molecule has 4 nitrogen and oxygen atoms in total. The first-order valence-corrected chi connectivity index (χ1v) is 8.34. The van der Waals surface area contributed by atoms with Crippen LogP contribution in [0.15, 0.2) is 42.5 Å². The lowest BCUT2D eigenvalue weighted by atomic mass is 10.00. The lowest BCUT2D eigenvalue weighted by molar-refractivity contribution is -0.137. The number of nitrogens with one attached hydrogen (secondary N) is 1. The van der Waals surface area contributed by atoms with Crippen LogP contribution >= 0.6 is 12.4 Å². The van der Waals surface area contributed by atoms with E-state index in [-0.39, 0.29) is 19.0 Å². The topological polar surface area (TPSA) is 41.6 Å². The zero-order valence-electron chi connectivity index (χ0n) is 14.9. The summed E-state index contributed by atoms with van der Waals surface area (Å²) in [6, 6.07) is 8.45. The third-order valence-electron chi connectivity index (χ3n) is 4.53. The maximum Gasteiger partial charge on any atom is 0.416 e. The number of ether oxygens (including phenoxy) is 1. The number of amides is 1. The molecule has 28 heavy (non-hydrogen) atoms. The number of benzene rings is 2. The highest BCUT2D eigenvalue weighted by molar-refractivity contribution is 5.95. The van der Waals surface area contributed by atoms with E-state index in [2.05, 4.69) is 5.32 Å². The van der Waals surface area contributed by atoms with Crippen molar-refractivity contribution in [2.75, 3.05) is 26.7 Å². The molecule has 0 aliphatic carbocycles. The van der Waals surface area contributed by atoms with E-state index < -0.39 is 35.1 Å². The van der Waals surface area contributed by atoms with Crippen molar-refractivity contribution in [3.05, 3.63) is 65.0 Å². The standard InChI is InChI=1S/C19H18F4N2O2.ClH/c1-27-17-5-3-2-4-13(17)16-11-24-8-9-25(16)18(26)14-10-12(19(21,22)23)6-7-15(14)20;/h2-7,10,16,24H,8-9,11H2,1H3;1H. The van der Waals surface area contributed by atoms with Crippen LogP contribution in [0.1, 0.15) is 27.5 Å². The van der Waals surface area contributed by atoms with Crippen molar-refractivity contribution in [3.63, 3.8) is 0 Å². The highest BCUT2D eigenvalue weighted by Crippen LogP contribution is 2.33. The Morgan fingerprint density at radius 1 is 1.21 bits per heavy atom. The van der Waals surface area contributed by atoms with E-state index in [1.165, 1.54) is 12.0 Å². The molecule has 1 amide bonds. The second-order valence-corrected chi connectivity index (χ2v) is 6.15. The fourth-order valence-electron chi connectivity index (χ4n) is 3.19. The van der Waals surface area contributed by atoms with Crippen LogP contribution in [0.25, 0.3) is 0 Å². The Kier molecular flexibility index (Phi) is 6.90. The van der Waals surface area contributed by atoms with Crippen LogP contribution in [0.4, 0.5) is 17.6 Å². The molecule has 0 bridgehead atoms. The Bertz CT molecular complexity index is 845. The summed E-state index contributed by atoms with van der Waals surface area (Å²) in [5, 5.41) is 3.15. The molecule has 3 rings (SSSR count). The molecular formula is C19H19ClF4N2O2. The summed E-state index contributed by atoms with van der Waals surface area (Å²) >= 11 is 0. The average Bonchev–Trinajstić information content (AvgIpc) is 2.67. The quantitative estimate of drug-likeness (QED) is 0.764. The van der Waals surface area contributed by atoms with Crippen LogP contribution in [-0.4, -0.2) is 37.6 Å². The Morgan fingerprint density at radius 2 is 1.93 bits per heavy atom. The summed E-state index contributed by atoms with van der Waals surface area (Å²) in [7, 11) is 1.49. The maximum atomic E-state index is 14.2. The van der Waals surface area contributed by atoms with E-state index in [0.717, 1.165) is 0 Å². The number of nitrogens with zero attached hydrogens (tertiary/aromatic N) is 1. The van der Waals surface area contributed by atoms with E-state index in [4.69, 9.17) is 4.74 Å². The van der Waals surface area contributed by atoms with Gasteiger partial charge in [0.2, 0.25) is 0 Å². The summed E-state index contributed by atoms with van der Waals surface area (Å²) in [6.45, 7) is 1.07. The fourth-order valence-corrected chi connectivity index (χ4v) is 3.19. The van der Waals surface area contributed by atoms with Gasteiger partial charge in [0.25, 0.3) is 5.91 Å². The van der Waals surface area contributed by atoms with Gasteiger partial charge in [-0.25, -0.2) is 4.39 Å². The number of carbonyl (C=O) groups excluding carboxylic acids is 1. The number of alkyl halides is 3. The van der Waals surface area contributed by atoms with Crippen molar-refractivity contribution in [2.24, 2.45) is 0 Å². The zero-order valence-corrected chi connectivity index (χ0v) is 15.7. The van der Waals surface area contributed by atoms with Crippen molar-refractivity contribution in [1.29, 1.82) is 0 Å². The van der Waals surface area contributed by atoms with Crippen LogP contribution in [0, 0.1) is 5.82 Å². The molecule has 2 aromatic rings. The predicted octanol–water partition coefficient (Wildman–Crippen LogP) is 4.06. The molecule has 1 N–H and O–H groups in total. The number of carbonyl (C=O) groups is 1. The van der Waals surface area contributed by atoms with Gasteiger partial charge in [-0.2, -0.15) is 13.2 Å². The number of para-hydroxylation sites is 1. The third-order valence-corrected chi connectivity index (χ3v) is 4.53. The summed E-state index contributed by atoms with van der Waals surface area (Å²) in [6.07, 6.45) is -4.66. The van der Waals surface area contributed by atoms with Gasteiger partial charge in [-0.15, -0.1) is 12.4 Å². The molecule has 0 aromatic heterocycles. The molecule has 0 radical (unpaired) electrons. The van der Waals surface area contributed by atoms with Gasteiger partial charge in [0.15, 0.2) is 0 Å². The Labute approximate surface area is 165 Å². The number of methoxy groups -OCH3 is 1. The molecule has 1 unspecified atom stereocenters. The van der Waals surface area contributed by atoms with Crippen LogP contribution in [0.3, 0.4) is 0 Å². The smallest absolute Gasteiger partial charge is 0.416 e. The van der Waals surface area contributed by atoms with Crippen LogP contribution in [0.5, 0.6) is 5.75 Å². The molecule has 1 saturated heterocycles. The summed E-state index contributed by atoms with van der Waals surface area (Å²) in [5.41, 5.74) is -0.948. The van der Waals surface area contributed by atoms with Crippen LogP contribution in [-0.2, 0) is 6.18 Å². The van der Waals surface area contributed by atoms with Gasteiger partial charge in [0.1, 0.15) is 11.6 Å². The van der Waals surface area contributed by atoms with E-state index >= 15 is 0 Å². The Hall–Kier alpha value is -2.32. The molecule has 1 aliphatic heterocycles. The molecule has 0 spiro atoms. The van der Waals surface area contributed by atoms with Crippen LogP contribution < -0.4 is 10.1 Å². The lowest BCUT2D eigenvalue weighted by Crippen LogP contribution is -2.49. The first-order valence-electron chi connectivity index (χ1n) is 8.34. The van der Waals surface area contributed by atoms with Crippen molar-refractivity contribution in [1.82, 2.24) is 10.2 Å². The normalized spacial score (nSPS) is 17.0. The summed E-state index contributed by atoms with van der Waals surface area (Å²) in [5.74, 6) is -1.21. The molecule has 1 aliphatic rings. The summed E-state index contributed by atoms with van der Waals surface area (Å²) in [4.78, 5) is 14.3. The zero-order chi connectivity index (χ0) is 19.6. The summed E-state index contributed by atoms with van der Waals surface area (Å²) < 4.78 is 58.4. The molecule has 2 aromatic carbocycles. The van der Waals surface area contributed by atoms with Gasteiger partial charge >= 0.3 is 6.18 Å². The molecule has 9 heteroatoms. The largest absolute Gasteiger partial charge is 0.496 e. The predicted molar refractivity (Wildman–Crippen MR) is 98.3 cm³/mol. The van der Waals surface area contributed by atoms with Gasteiger partial charge in [0.05, 0.1) is 24.3 Å². The second-order valence-electron chi connectivity index (χ2n) is 6.15. The number of piperazine rings is 1. The third kappa shape index (κ3) is 4.39. The van der Waals surface area contributed by atoms with Gasteiger partial charge in [-0.3, -0.25) is 4.79 Å². The molecule has 1 atom stereocenters. The molecule has 0 saturated carbocycles. The van der Waals surface area contributed by atoms with E-state index in [1.54, 1.807) is 24.3 Å². The maximum absolute atomic E-state index is 14.2. The van der Waals surface area contributed by atoms with Crippen molar-refractivity contribution in [2.45, 2.75) is 12.2 Å². The van der Waals surface area contributed by atoms with Crippen molar-refractivity contribution < 1.29 is 27.1 Å². The minimum atomic E-state index is -4.66. The first-order chi connectivity index (χ1) is 12.8. The molecule has 1 heterocycles. The highest BCUT2D eigenvalue weighted by Gasteiger charge is 2.35. The van der Waals surface area contributed by atoms with E-state index in [9.17, 15) is 22.4 Å². The monoisotopic (exact) mass is 418 g/mol. The van der Waals surface area contributed by atoms with Crippen molar-refractivity contribution in [3.8, 4) is 5.75 Å². The Balaban J connectivity index is 0.00000280. The highest BCUT2D eigenvalue weighted by atomic mass is 35.5.